The van der Waals surface area contributed by atoms with Crippen LogP contribution in [0.2, 0.25) is 0 Å². The van der Waals surface area contributed by atoms with Gasteiger partial charge in [0, 0.05) is 19.1 Å². The summed E-state index contributed by atoms with van der Waals surface area (Å²) in [6.07, 6.45) is 0.711. The van der Waals surface area contributed by atoms with Crippen LogP contribution in [0.25, 0.3) is 0 Å². The van der Waals surface area contributed by atoms with Crippen LogP contribution < -0.4 is 16.4 Å². The summed E-state index contributed by atoms with van der Waals surface area (Å²) in [6.45, 7) is 1.08. The van der Waals surface area contributed by atoms with Crippen molar-refractivity contribution in [3.8, 4) is 0 Å². The summed E-state index contributed by atoms with van der Waals surface area (Å²) < 4.78 is 0. The largest absolute Gasteiger partial charge is 0.338 e. The Bertz CT molecular complexity index is 542. The second-order valence-electron chi connectivity index (χ2n) is 4.90. The third kappa shape index (κ3) is 5.28. The maximum atomic E-state index is 11.7. The molecule has 4 nitrogen and oxygen atoms in total. The summed E-state index contributed by atoms with van der Waals surface area (Å²) in [4.78, 5) is 11.7. The fraction of sp³-hybridized carbons (Fsp3) is 0.235. The van der Waals surface area contributed by atoms with Gasteiger partial charge in [0.2, 0.25) is 0 Å². The summed E-state index contributed by atoms with van der Waals surface area (Å²) in [6, 6.07) is 19.5. The molecule has 2 rings (SSSR count). The van der Waals surface area contributed by atoms with Crippen molar-refractivity contribution < 1.29 is 4.79 Å². The molecule has 1 unspecified atom stereocenters. The number of benzene rings is 2. The van der Waals surface area contributed by atoms with E-state index in [9.17, 15) is 4.79 Å². The first kappa shape index (κ1) is 15.1. The number of urea groups is 1. The summed E-state index contributed by atoms with van der Waals surface area (Å²) >= 11 is 0. The van der Waals surface area contributed by atoms with Gasteiger partial charge < -0.3 is 16.4 Å². The van der Waals surface area contributed by atoms with Crippen LogP contribution in [0.5, 0.6) is 0 Å². The van der Waals surface area contributed by atoms with E-state index in [4.69, 9.17) is 5.73 Å². The van der Waals surface area contributed by atoms with Crippen LogP contribution in [0, 0.1) is 0 Å². The van der Waals surface area contributed by atoms with Crippen molar-refractivity contribution in [3.63, 3.8) is 0 Å². The van der Waals surface area contributed by atoms with E-state index in [1.54, 1.807) is 0 Å². The third-order valence-corrected chi connectivity index (χ3v) is 3.26. The lowest BCUT2D eigenvalue weighted by molar-refractivity contribution is 0.240. The quantitative estimate of drug-likeness (QED) is 0.762. The average molecular weight is 283 g/mol. The van der Waals surface area contributed by atoms with E-state index in [1.165, 1.54) is 0 Å². The number of nitrogens with two attached hydrogens (primary N) is 1. The van der Waals surface area contributed by atoms with Gasteiger partial charge in [-0.1, -0.05) is 60.7 Å². The molecule has 110 valence electrons. The molecule has 0 aliphatic carbocycles. The van der Waals surface area contributed by atoms with Crippen molar-refractivity contribution in [1.82, 2.24) is 10.6 Å². The van der Waals surface area contributed by atoms with E-state index >= 15 is 0 Å². The first-order valence-electron chi connectivity index (χ1n) is 7.12. The molecule has 1 atom stereocenters. The standard InChI is InChI=1S/C17H21N3O/c18-16(15-9-5-2-6-10-15)11-12-19-17(21)20-13-14-7-3-1-4-8-14/h1-10,16H,11-13,18H2,(H2,19,20,21). The molecule has 0 heterocycles. The molecule has 2 aromatic carbocycles. The van der Waals surface area contributed by atoms with Crippen molar-refractivity contribution in [2.45, 2.75) is 19.0 Å². The lowest BCUT2D eigenvalue weighted by atomic mass is 10.1. The molecule has 0 fully saturated rings. The Morgan fingerprint density at radius 3 is 2.24 bits per heavy atom. The number of amides is 2. The zero-order valence-corrected chi connectivity index (χ0v) is 12.0. The van der Waals surface area contributed by atoms with Gasteiger partial charge in [0.1, 0.15) is 0 Å². The van der Waals surface area contributed by atoms with Crippen molar-refractivity contribution in [3.05, 3.63) is 71.8 Å². The summed E-state index contributed by atoms with van der Waals surface area (Å²) in [7, 11) is 0. The predicted octanol–water partition coefficient (Wildman–Crippen LogP) is 2.58. The van der Waals surface area contributed by atoms with Crippen LogP contribution in [0.15, 0.2) is 60.7 Å². The summed E-state index contributed by atoms with van der Waals surface area (Å²) in [5.41, 5.74) is 8.24. The fourth-order valence-electron chi connectivity index (χ4n) is 2.05. The highest BCUT2D eigenvalue weighted by molar-refractivity contribution is 5.73. The van der Waals surface area contributed by atoms with E-state index in [0.717, 1.165) is 11.1 Å². The number of nitrogens with one attached hydrogen (secondary N) is 2. The molecule has 0 saturated heterocycles. The van der Waals surface area contributed by atoms with Crippen molar-refractivity contribution in [1.29, 1.82) is 0 Å². The Hall–Kier alpha value is -2.33. The molecule has 0 radical (unpaired) electrons. The molecule has 21 heavy (non-hydrogen) atoms. The Balaban J connectivity index is 1.65. The first-order valence-corrected chi connectivity index (χ1v) is 7.12. The first-order chi connectivity index (χ1) is 10.3. The minimum absolute atomic E-state index is 0.0550. The monoisotopic (exact) mass is 283 g/mol. The van der Waals surface area contributed by atoms with E-state index in [-0.39, 0.29) is 12.1 Å². The third-order valence-electron chi connectivity index (χ3n) is 3.26. The second kappa shape index (κ2) is 8.07. The maximum absolute atomic E-state index is 11.7. The Morgan fingerprint density at radius 2 is 1.57 bits per heavy atom. The summed E-state index contributed by atoms with van der Waals surface area (Å²) in [5.74, 6) is 0. The molecule has 0 aliphatic heterocycles. The van der Waals surface area contributed by atoms with Gasteiger partial charge in [-0.2, -0.15) is 0 Å². The predicted molar refractivity (Wildman–Crippen MR) is 84.7 cm³/mol. The Kier molecular flexibility index (Phi) is 5.79. The number of carbonyl (C=O) groups excluding carboxylic acids is 1. The Labute approximate surface area is 125 Å². The van der Waals surface area contributed by atoms with Crippen LogP contribution in [-0.4, -0.2) is 12.6 Å². The van der Waals surface area contributed by atoms with Gasteiger partial charge in [0.05, 0.1) is 0 Å². The maximum Gasteiger partial charge on any atom is 0.315 e. The van der Waals surface area contributed by atoms with Gasteiger partial charge >= 0.3 is 6.03 Å². The molecule has 0 bridgehead atoms. The van der Waals surface area contributed by atoms with E-state index in [1.807, 2.05) is 60.7 Å². The molecule has 4 heteroatoms. The minimum Gasteiger partial charge on any atom is -0.338 e. The highest BCUT2D eigenvalue weighted by Gasteiger charge is 2.06. The number of rotatable bonds is 6. The molecule has 2 amide bonds. The fourth-order valence-corrected chi connectivity index (χ4v) is 2.05. The van der Waals surface area contributed by atoms with Crippen molar-refractivity contribution >= 4 is 6.03 Å². The zero-order valence-electron chi connectivity index (χ0n) is 12.0. The lowest BCUT2D eigenvalue weighted by Crippen LogP contribution is -2.36. The SMILES string of the molecule is NC(CCNC(=O)NCc1ccccc1)c1ccccc1. The van der Waals surface area contributed by atoms with E-state index < -0.39 is 0 Å². The highest BCUT2D eigenvalue weighted by atomic mass is 16.2. The zero-order chi connectivity index (χ0) is 14.9. The van der Waals surface area contributed by atoms with E-state index in [2.05, 4.69) is 10.6 Å². The molecule has 2 aromatic rings. The van der Waals surface area contributed by atoms with Crippen molar-refractivity contribution in [2.24, 2.45) is 5.73 Å². The number of carbonyl (C=O) groups is 1. The van der Waals surface area contributed by atoms with E-state index in [0.29, 0.717) is 19.5 Å². The summed E-state index contributed by atoms with van der Waals surface area (Å²) in [5, 5.41) is 5.65. The molecular weight excluding hydrogens is 262 g/mol. The molecular formula is C17H21N3O. The molecule has 0 aromatic heterocycles. The minimum atomic E-state index is -0.167. The van der Waals surface area contributed by atoms with Gasteiger partial charge in [-0.3, -0.25) is 0 Å². The van der Waals surface area contributed by atoms with Gasteiger partial charge in [0.15, 0.2) is 0 Å². The molecule has 0 saturated carbocycles. The normalized spacial score (nSPS) is 11.7. The van der Waals surface area contributed by atoms with Gasteiger partial charge in [-0.15, -0.1) is 0 Å². The lowest BCUT2D eigenvalue weighted by Gasteiger charge is -2.13. The van der Waals surface area contributed by atoms with Crippen LogP contribution in [0.3, 0.4) is 0 Å². The highest BCUT2D eigenvalue weighted by Crippen LogP contribution is 2.12. The van der Waals surface area contributed by atoms with Gasteiger partial charge in [-0.05, 0) is 17.5 Å². The Morgan fingerprint density at radius 1 is 0.952 bits per heavy atom. The van der Waals surface area contributed by atoms with Gasteiger partial charge in [0.25, 0.3) is 0 Å². The molecule has 4 N–H and O–H groups in total. The van der Waals surface area contributed by atoms with Crippen molar-refractivity contribution in [2.75, 3.05) is 6.54 Å². The van der Waals surface area contributed by atoms with Crippen LogP contribution in [0.1, 0.15) is 23.6 Å². The molecule has 0 aliphatic rings. The molecule has 0 spiro atoms. The van der Waals surface area contributed by atoms with Crippen LogP contribution in [-0.2, 0) is 6.54 Å². The average Bonchev–Trinajstić information content (AvgIpc) is 2.54. The number of hydrogen-bond donors (Lipinski definition) is 3. The van der Waals surface area contributed by atoms with Crippen LogP contribution >= 0.6 is 0 Å². The second-order valence-corrected chi connectivity index (χ2v) is 4.90. The smallest absolute Gasteiger partial charge is 0.315 e. The number of hydrogen-bond acceptors (Lipinski definition) is 2. The topological polar surface area (TPSA) is 67.1 Å². The van der Waals surface area contributed by atoms with Crippen LogP contribution in [0.4, 0.5) is 4.79 Å². The van der Waals surface area contributed by atoms with Gasteiger partial charge in [-0.25, -0.2) is 4.79 Å².